The second-order valence-corrected chi connectivity index (χ2v) is 7.96. The van der Waals surface area contributed by atoms with Gasteiger partial charge in [-0.2, -0.15) is 5.10 Å². The lowest BCUT2D eigenvalue weighted by molar-refractivity contribution is 0.686. The van der Waals surface area contributed by atoms with Gasteiger partial charge in [0.25, 0.3) is 0 Å². The quantitative estimate of drug-likeness (QED) is 0.536. The van der Waals surface area contributed by atoms with Crippen LogP contribution in [0.3, 0.4) is 0 Å². The number of rotatable bonds is 5. The highest BCUT2D eigenvalue weighted by atomic mass is 32.2. The Morgan fingerprint density at radius 1 is 1.00 bits per heavy atom. The molecule has 28 heavy (non-hydrogen) atoms. The zero-order valence-electron chi connectivity index (χ0n) is 16.1. The molecule has 0 spiro atoms. The van der Waals surface area contributed by atoms with E-state index in [1.165, 1.54) is 5.56 Å². The number of nitrogens with zero attached hydrogens (tertiary/aromatic N) is 3. The zero-order valence-corrected chi connectivity index (χ0v) is 17.0. The number of fused-ring (bicyclic) bond motifs is 1. The number of anilines is 1. The molecule has 5 nitrogen and oxygen atoms in total. The molecule has 0 radical (unpaired) electrons. The van der Waals surface area contributed by atoms with Crippen LogP contribution in [0, 0.1) is 13.8 Å². The topological polar surface area (TPSA) is 59.8 Å². The fourth-order valence-electron chi connectivity index (χ4n) is 3.22. The van der Waals surface area contributed by atoms with Gasteiger partial charge in [0.2, 0.25) is 0 Å². The van der Waals surface area contributed by atoms with Gasteiger partial charge in [-0.15, -0.1) is 0 Å². The van der Waals surface area contributed by atoms with Crippen LogP contribution in [0.25, 0.3) is 16.6 Å². The summed E-state index contributed by atoms with van der Waals surface area (Å²) in [4.78, 5) is 5.34. The van der Waals surface area contributed by atoms with Crippen molar-refractivity contribution in [1.29, 1.82) is 0 Å². The number of aryl methyl sites for hydroxylation is 3. The standard InChI is InChI=1S/C22H22N4OS/c1-4-17-9-11-18(12-10-17)28(27)25-22-14-16(3)24-26(22)21-13-15(2)23-20-8-6-5-7-19(20)21/h5-14,25H,4H2,1-3H3. The third kappa shape index (κ3) is 3.55. The van der Waals surface area contributed by atoms with E-state index in [1.807, 2.05) is 79.2 Å². The number of benzene rings is 2. The van der Waals surface area contributed by atoms with Crippen molar-refractivity contribution in [3.8, 4) is 5.69 Å². The van der Waals surface area contributed by atoms with E-state index in [1.54, 1.807) is 0 Å². The van der Waals surface area contributed by atoms with Crippen LogP contribution in [-0.2, 0) is 17.4 Å². The van der Waals surface area contributed by atoms with Crippen LogP contribution >= 0.6 is 0 Å². The molecule has 2 aromatic carbocycles. The molecule has 1 atom stereocenters. The molecule has 2 aromatic heterocycles. The van der Waals surface area contributed by atoms with Crippen molar-refractivity contribution in [2.45, 2.75) is 32.1 Å². The number of hydrogen-bond acceptors (Lipinski definition) is 3. The maximum absolute atomic E-state index is 12.9. The van der Waals surface area contributed by atoms with Crippen LogP contribution in [-0.4, -0.2) is 19.0 Å². The lowest BCUT2D eigenvalue weighted by Crippen LogP contribution is -2.10. The highest BCUT2D eigenvalue weighted by Gasteiger charge is 2.14. The molecule has 0 bridgehead atoms. The second kappa shape index (κ2) is 7.56. The van der Waals surface area contributed by atoms with Crippen LogP contribution in [0.2, 0.25) is 0 Å². The monoisotopic (exact) mass is 390 g/mol. The molecule has 1 unspecified atom stereocenters. The first kappa shape index (κ1) is 18.4. The first-order valence-corrected chi connectivity index (χ1v) is 10.4. The van der Waals surface area contributed by atoms with E-state index in [9.17, 15) is 4.21 Å². The van der Waals surface area contributed by atoms with Gasteiger partial charge in [0.05, 0.1) is 21.8 Å². The summed E-state index contributed by atoms with van der Waals surface area (Å²) >= 11 is 0. The predicted molar refractivity (Wildman–Crippen MR) is 114 cm³/mol. The van der Waals surface area contributed by atoms with Crippen molar-refractivity contribution in [3.05, 3.63) is 77.6 Å². The van der Waals surface area contributed by atoms with Gasteiger partial charge in [0, 0.05) is 17.1 Å². The van der Waals surface area contributed by atoms with Crippen molar-refractivity contribution in [2.75, 3.05) is 4.72 Å². The number of pyridine rings is 1. The number of para-hydroxylation sites is 1. The molecule has 1 N–H and O–H groups in total. The first-order chi connectivity index (χ1) is 13.5. The summed E-state index contributed by atoms with van der Waals surface area (Å²) in [7, 11) is -1.38. The molecule has 0 aliphatic rings. The van der Waals surface area contributed by atoms with E-state index in [-0.39, 0.29) is 0 Å². The van der Waals surface area contributed by atoms with Gasteiger partial charge in [-0.1, -0.05) is 37.3 Å². The summed E-state index contributed by atoms with van der Waals surface area (Å²) in [5, 5.41) is 5.64. The van der Waals surface area contributed by atoms with Crippen molar-refractivity contribution in [3.63, 3.8) is 0 Å². The second-order valence-electron chi connectivity index (χ2n) is 6.75. The Labute approximate surface area is 167 Å². The minimum atomic E-state index is -1.38. The molecule has 4 rings (SSSR count). The van der Waals surface area contributed by atoms with Gasteiger partial charge in [-0.25, -0.2) is 8.89 Å². The summed E-state index contributed by atoms with van der Waals surface area (Å²) in [6, 6.07) is 19.7. The van der Waals surface area contributed by atoms with E-state index in [2.05, 4.69) is 21.7 Å². The number of hydrogen-bond donors (Lipinski definition) is 1. The summed E-state index contributed by atoms with van der Waals surface area (Å²) in [6.07, 6.45) is 0.959. The average Bonchev–Trinajstić information content (AvgIpc) is 3.07. The summed E-state index contributed by atoms with van der Waals surface area (Å²) in [5.41, 5.74) is 4.80. The molecule has 4 aromatic rings. The van der Waals surface area contributed by atoms with Crippen molar-refractivity contribution in [1.82, 2.24) is 14.8 Å². The van der Waals surface area contributed by atoms with Gasteiger partial charge in [0.1, 0.15) is 5.82 Å². The highest BCUT2D eigenvalue weighted by Crippen LogP contribution is 2.26. The molecule has 142 valence electrons. The predicted octanol–water partition coefficient (Wildman–Crippen LogP) is 4.73. The van der Waals surface area contributed by atoms with E-state index in [4.69, 9.17) is 0 Å². The minimum Gasteiger partial charge on any atom is -0.285 e. The third-order valence-electron chi connectivity index (χ3n) is 4.63. The Hall–Kier alpha value is -2.99. The summed E-state index contributed by atoms with van der Waals surface area (Å²) in [5.74, 6) is 0.686. The Morgan fingerprint density at radius 3 is 2.50 bits per heavy atom. The maximum atomic E-state index is 12.9. The fraction of sp³-hybridized carbons (Fsp3) is 0.182. The van der Waals surface area contributed by atoms with E-state index in [0.29, 0.717) is 5.82 Å². The van der Waals surface area contributed by atoms with Gasteiger partial charge in [-0.05, 0) is 50.1 Å². The van der Waals surface area contributed by atoms with Gasteiger partial charge in [0.15, 0.2) is 11.0 Å². The molecule has 6 heteroatoms. The Bertz CT molecular complexity index is 1170. The largest absolute Gasteiger partial charge is 0.285 e. The van der Waals surface area contributed by atoms with Crippen LogP contribution in [0.15, 0.2) is 65.6 Å². The van der Waals surface area contributed by atoms with Gasteiger partial charge < -0.3 is 0 Å². The Kier molecular flexibility index (Phi) is 4.96. The SMILES string of the molecule is CCc1ccc(S(=O)Nc2cc(C)nn2-c2cc(C)nc3ccccc23)cc1. The molecule has 0 fully saturated rings. The van der Waals surface area contributed by atoms with Gasteiger partial charge in [-0.3, -0.25) is 9.71 Å². The number of aromatic nitrogens is 3. The molecular formula is C22H22N4OS. The normalized spacial score (nSPS) is 12.2. The third-order valence-corrected chi connectivity index (χ3v) is 5.72. The average molecular weight is 391 g/mol. The lowest BCUT2D eigenvalue weighted by Gasteiger charge is -2.12. The minimum absolute atomic E-state index is 0.686. The molecule has 0 amide bonds. The van der Waals surface area contributed by atoms with Crippen molar-refractivity contribution >= 4 is 27.7 Å². The molecule has 0 aliphatic carbocycles. The van der Waals surface area contributed by atoms with E-state index < -0.39 is 11.0 Å². The van der Waals surface area contributed by atoms with E-state index >= 15 is 0 Å². The summed E-state index contributed by atoms with van der Waals surface area (Å²) in [6.45, 7) is 6.00. The van der Waals surface area contributed by atoms with Crippen molar-refractivity contribution in [2.24, 2.45) is 0 Å². The molecular weight excluding hydrogens is 368 g/mol. The molecule has 0 aliphatic heterocycles. The smallest absolute Gasteiger partial charge is 0.151 e. The Balaban J connectivity index is 1.74. The zero-order chi connectivity index (χ0) is 19.7. The lowest BCUT2D eigenvalue weighted by atomic mass is 10.1. The molecule has 0 saturated carbocycles. The summed E-state index contributed by atoms with van der Waals surface area (Å²) < 4.78 is 17.8. The van der Waals surface area contributed by atoms with Gasteiger partial charge >= 0.3 is 0 Å². The first-order valence-electron chi connectivity index (χ1n) is 9.26. The highest BCUT2D eigenvalue weighted by molar-refractivity contribution is 7.86. The number of nitrogens with one attached hydrogen (secondary N) is 1. The van der Waals surface area contributed by atoms with Crippen LogP contribution in [0.5, 0.6) is 0 Å². The van der Waals surface area contributed by atoms with Crippen LogP contribution < -0.4 is 4.72 Å². The van der Waals surface area contributed by atoms with Crippen LogP contribution in [0.1, 0.15) is 23.9 Å². The Morgan fingerprint density at radius 2 is 1.75 bits per heavy atom. The maximum Gasteiger partial charge on any atom is 0.151 e. The molecule has 2 heterocycles. The fourth-order valence-corrected chi connectivity index (χ4v) is 4.06. The van der Waals surface area contributed by atoms with Crippen molar-refractivity contribution < 1.29 is 4.21 Å². The van der Waals surface area contributed by atoms with Crippen LogP contribution in [0.4, 0.5) is 5.82 Å². The van der Waals surface area contributed by atoms with E-state index in [0.717, 1.165) is 39.3 Å². The molecule has 0 saturated heterocycles.